The average Bonchev–Trinajstić information content (AvgIpc) is 2.43. The molecule has 2 aromatic rings. The summed E-state index contributed by atoms with van der Waals surface area (Å²) in [5.74, 6) is -1.04. The maximum Gasteiger partial charge on any atom is 0.357 e. The Kier molecular flexibility index (Phi) is 1.55. The second-order valence-corrected chi connectivity index (χ2v) is 3.85. The van der Waals surface area contributed by atoms with E-state index in [4.69, 9.17) is 16.7 Å². The Morgan fingerprint density at radius 2 is 2.50 bits per heavy atom. The Hall–Kier alpha value is -1.07. The van der Waals surface area contributed by atoms with Crippen molar-refractivity contribution in [1.82, 2.24) is 10.2 Å². The number of hydrogen-bond donors (Lipinski definition) is 2. The summed E-state index contributed by atoms with van der Waals surface area (Å²) in [6, 6.07) is 1.65. The number of fused-ring (bicyclic) bond motifs is 1. The molecule has 2 aromatic heterocycles. The van der Waals surface area contributed by atoms with Crippen molar-refractivity contribution >= 4 is 39.1 Å². The molecule has 0 aliphatic rings. The number of aromatic amines is 1. The highest BCUT2D eigenvalue weighted by Crippen LogP contribution is 2.29. The molecule has 0 atom stereocenters. The highest BCUT2D eigenvalue weighted by atomic mass is 35.5. The molecule has 0 aromatic carbocycles. The number of aromatic carboxylic acids is 1. The van der Waals surface area contributed by atoms with Crippen molar-refractivity contribution in [2.75, 3.05) is 0 Å². The van der Waals surface area contributed by atoms with Crippen LogP contribution in [-0.4, -0.2) is 21.3 Å². The minimum Gasteiger partial charge on any atom is -0.476 e. The van der Waals surface area contributed by atoms with Gasteiger partial charge in [0.2, 0.25) is 0 Å². The number of nitrogens with one attached hydrogen (secondary N) is 1. The number of hydrogen-bond acceptors (Lipinski definition) is 3. The molecule has 12 heavy (non-hydrogen) atoms. The highest BCUT2D eigenvalue weighted by Gasteiger charge is 2.14. The van der Waals surface area contributed by atoms with Crippen LogP contribution >= 0.6 is 22.9 Å². The van der Waals surface area contributed by atoms with Crippen molar-refractivity contribution in [2.45, 2.75) is 0 Å². The molecule has 0 aliphatic heterocycles. The summed E-state index contributed by atoms with van der Waals surface area (Å²) >= 11 is 6.88. The Morgan fingerprint density at radius 3 is 3.17 bits per heavy atom. The molecule has 0 bridgehead atoms. The zero-order chi connectivity index (χ0) is 8.72. The first-order valence-corrected chi connectivity index (χ1v) is 4.24. The number of aromatic nitrogens is 2. The first-order valence-electron chi connectivity index (χ1n) is 3.05. The molecule has 0 radical (unpaired) electrons. The van der Waals surface area contributed by atoms with Crippen molar-refractivity contribution in [3.05, 3.63) is 16.1 Å². The van der Waals surface area contributed by atoms with Gasteiger partial charge in [-0.05, 0) is 6.07 Å². The van der Waals surface area contributed by atoms with E-state index in [1.807, 2.05) is 0 Å². The van der Waals surface area contributed by atoms with Crippen LogP contribution in [0.25, 0.3) is 10.2 Å². The van der Waals surface area contributed by atoms with E-state index in [9.17, 15) is 4.79 Å². The third-order valence-electron chi connectivity index (χ3n) is 1.41. The zero-order valence-electron chi connectivity index (χ0n) is 5.67. The number of nitrogens with zero attached hydrogens (tertiary/aromatic N) is 1. The van der Waals surface area contributed by atoms with Crippen LogP contribution in [0, 0.1) is 0 Å². The predicted octanol–water partition coefficient (Wildman–Crippen LogP) is 1.98. The quantitative estimate of drug-likeness (QED) is 0.743. The molecular formula is C6H3ClN2O2S. The van der Waals surface area contributed by atoms with Crippen molar-refractivity contribution < 1.29 is 9.90 Å². The van der Waals surface area contributed by atoms with Gasteiger partial charge in [-0.3, -0.25) is 5.10 Å². The number of carbonyl (C=O) groups is 1. The molecule has 2 N–H and O–H groups in total. The molecule has 0 fully saturated rings. The molecule has 6 heteroatoms. The van der Waals surface area contributed by atoms with Gasteiger partial charge in [0.1, 0.15) is 0 Å². The molecule has 2 rings (SSSR count). The topological polar surface area (TPSA) is 66.0 Å². The largest absolute Gasteiger partial charge is 0.476 e. The molecule has 4 nitrogen and oxygen atoms in total. The van der Waals surface area contributed by atoms with Crippen molar-refractivity contribution in [3.8, 4) is 0 Å². The standard InChI is InChI=1S/C6H3ClN2O2S/c7-3-1-2-5(12-3)4(6(10)11)9-8-2/h1H,(H,8,9)(H,10,11). The van der Waals surface area contributed by atoms with E-state index >= 15 is 0 Å². The van der Waals surface area contributed by atoms with Gasteiger partial charge >= 0.3 is 5.97 Å². The van der Waals surface area contributed by atoms with E-state index in [-0.39, 0.29) is 5.69 Å². The molecule has 62 valence electrons. The van der Waals surface area contributed by atoms with Gasteiger partial charge in [0.05, 0.1) is 14.6 Å². The normalized spacial score (nSPS) is 10.8. The van der Waals surface area contributed by atoms with Crippen LogP contribution in [0.3, 0.4) is 0 Å². The van der Waals surface area contributed by atoms with E-state index < -0.39 is 5.97 Å². The van der Waals surface area contributed by atoms with Crippen LogP contribution < -0.4 is 0 Å². The molecule has 0 spiro atoms. The lowest BCUT2D eigenvalue weighted by Crippen LogP contribution is -1.95. The van der Waals surface area contributed by atoms with Crippen molar-refractivity contribution in [1.29, 1.82) is 0 Å². The lowest BCUT2D eigenvalue weighted by Gasteiger charge is -1.81. The molecule has 0 aliphatic carbocycles. The van der Waals surface area contributed by atoms with E-state index in [0.29, 0.717) is 14.6 Å². The number of thiophene rings is 1. The molecule has 2 heterocycles. The van der Waals surface area contributed by atoms with Gasteiger partial charge in [-0.25, -0.2) is 4.79 Å². The van der Waals surface area contributed by atoms with Gasteiger partial charge in [-0.15, -0.1) is 11.3 Å². The number of H-pyrrole nitrogens is 1. The van der Waals surface area contributed by atoms with Crippen molar-refractivity contribution in [3.63, 3.8) is 0 Å². The Labute approximate surface area is 75.8 Å². The van der Waals surface area contributed by atoms with Gasteiger partial charge in [0.25, 0.3) is 0 Å². The van der Waals surface area contributed by atoms with Gasteiger partial charge in [0, 0.05) is 0 Å². The van der Waals surface area contributed by atoms with E-state index in [1.165, 1.54) is 11.3 Å². The minimum atomic E-state index is -1.04. The number of rotatable bonds is 1. The average molecular weight is 203 g/mol. The fraction of sp³-hybridized carbons (Fsp3) is 0. The smallest absolute Gasteiger partial charge is 0.357 e. The molecule has 0 unspecified atom stereocenters. The van der Waals surface area contributed by atoms with Gasteiger partial charge in [-0.1, -0.05) is 11.6 Å². The van der Waals surface area contributed by atoms with Crippen molar-refractivity contribution in [2.24, 2.45) is 0 Å². The third-order valence-corrected chi connectivity index (χ3v) is 2.68. The van der Waals surface area contributed by atoms with E-state index in [2.05, 4.69) is 10.2 Å². The monoisotopic (exact) mass is 202 g/mol. The summed E-state index contributed by atoms with van der Waals surface area (Å²) in [4.78, 5) is 10.6. The van der Waals surface area contributed by atoms with Crippen LogP contribution in [-0.2, 0) is 0 Å². The van der Waals surface area contributed by atoms with E-state index in [1.54, 1.807) is 6.07 Å². The molecule has 0 amide bonds. The summed E-state index contributed by atoms with van der Waals surface area (Å²) in [6.45, 7) is 0. The number of carboxylic acid groups (broad SMARTS) is 1. The first-order chi connectivity index (χ1) is 5.68. The SMILES string of the molecule is O=C(O)c1n[nH]c2cc(Cl)sc12. The number of halogens is 1. The van der Waals surface area contributed by atoms with Crippen LogP contribution in [0.2, 0.25) is 4.34 Å². The zero-order valence-corrected chi connectivity index (χ0v) is 7.24. The summed E-state index contributed by atoms with van der Waals surface area (Å²) < 4.78 is 1.15. The number of carboxylic acids is 1. The van der Waals surface area contributed by atoms with Crippen LogP contribution in [0.15, 0.2) is 6.07 Å². The lowest BCUT2D eigenvalue weighted by molar-refractivity contribution is 0.0693. The van der Waals surface area contributed by atoms with E-state index in [0.717, 1.165) is 0 Å². The molecule has 0 saturated heterocycles. The lowest BCUT2D eigenvalue weighted by atomic mass is 10.4. The van der Waals surface area contributed by atoms with Crippen LogP contribution in [0.4, 0.5) is 0 Å². The van der Waals surface area contributed by atoms with Crippen LogP contribution in [0.5, 0.6) is 0 Å². The van der Waals surface area contributed by atoms with Gasteiger partial charge < -0.3 is 5.11 Å². The fourth-order valence-corrected chi connectivity index (χ4v) is 2.09. The second kappa shape index (κ2) is 2.46. The second-order valence-electron chi connectivity index (χ2n) is 2.17. The Morgan fingerprint density at radius 1 is 1.75 bits per heavy atom. The predicted molar refractivity (Wildman–Crippen MR) is 45.9 cm³/mol. The Balaban J connectivity index is 2.76. The third kappa shape index (κ3) is 0.981. The van der Waals surface area contributed by atoms with Crippen LogP contribution in [0.1, 0.15) is 10.5 Å². The molecular weight excluding hydrogens is 200 g/mol. The fourth-order valence-electron chi connectivity index (χ4n) is 0.932. The summed E-state index contributed by atoms with van der Waals surface area (Å²) in [6.07, 6.45) is 0. The Bertz CT molecular complexity index is 447. The maximum absolute atomic E-state index is 10.6. The molecule has 0 saturated carbocycles. The summed E-state index contributed by atoms with van der Waals surface area (Å²) in [5, 5.41) is 14.9. The van der Waals surface area contributed by atoms with Gasteiger partial charge in [-0.2, -0.15) is 5.10 Å². The highest BCUT2D eigenvalue weighted by molar-refractivity contribution is 7.23. The maximum atomic E-state index is 10.6. The summed E-state index contributed by atoms with van der Waals surface area (Å²) in [5.41, 5.74) is 0.698. The minimum absolute atomic E-state index is 0.0295. The first kappa shape index (κ1) is 7.57. The van der Waals surface area contributed by atoms with Gasteiger partial charge in [0.15, 0.2) is 5.69 Å². The summed E-state index contributed by atoms with van der Waals surface area (Å²) in [7, 11) is 0.